The zero-order valence-electron chi connectivity index (χ0n) is 24.0. The van der Waals surface area contributed by atoms with E-state index in [-0.39, 0.29) is 27.7 Å². The fraction of sp³-hybridized carbons (Fsp3) is 0.371. The van der Waals surface area contributed by atoms with E-state index in [1.807, 2.05) is 30.3 Å². The lowest BCUT2D eigenvalue weighted by Crippen LogP contribution is -2.43. The van der Waals surface area contributed by atoms with E-state index < -0.39 is 0 Å². The van der Waals surface area contributed by atoms with Crippen molar-refractivity contribution in [2.75, 3.05) is 14.2 Å². The van der Waals surface area contributed by atoms with E-state index in [1.54, 1.807) is 20.3 Å². The van der Waals surface area contributed by atoms with Gasteiger partial charge in [0.25, 0.3) is 0 Å². The first-order valence-corrected chi connectivity index (χ1v) is 13.8. The minimum absolute atomic E-state index is 0.145. The highest BCUT2D eigenvalue weighted by Gasteiger charge is 2.53. The van der Waals surface area contributed by atoms with E-state index in [0.29, 0.717) is 17.1 Å². The summed E-state index contributed by atoms with van der Waals surface area (Å²) < 4.78 is 11.0. The van der Waals surface area contributed by atoms with Crippen molar-refractivity contribution in [1.82, 2.24) is 0 Å². The molecule has 0 heterocycles. The van der Waals surface area contributed by atoms with Gasteiger partial charge in [0.1, 0.15) is 23.0 Å². The average molecular weight is 523 g/mol. The van der Waals surface area contributed by atoms with Crippen molar-refractivity contribution in [2.45, 2.75) is 59.3 Å². The molecule has 4 aromatic rings. The summed E-state index contributed by atoms with van der Waals surface area (Å²) >= 11 is 0. The summed E-state index contributed by atoms with van der Waals surface area (Å²) in [7, 11) is 3.22. The van der Waals surface area contributed by atoms with Gasteiger partial charge in [-0.05, 0) is 95.0 Å². The third-order valence-electron chi connectivity index (χ3n) is 8.92. The van der Waals surface area contributed by atoms with Gasteiger partial charge in [0.2, 0.25) is 0 Å². The Hall–Kier alpha value is -3.66. The maximum absolute atomic E-state index is 11.6. The Balaban J connectivity index is 1.65. The van der Waals surface area contributed by atoms with Gasteiger partial charge in [0.05, 0.1) is 14.2 Å². The van der Waals surface area contributed by atoms with Crippen LogP contribution < -0.4 is 9.47 Å². The molecular formula is C35H38O4. The molecule has 0 saturated heterocycles. The van der Waals surface area contributed by atoms with Crippen LogP contribution in [0.15, 0.2) is 54.6 Å². The second-order valence-corrected chi connectivity index (χ2v) is 13.3. The minimum Gasteiger partial charge on any atom is -0.507 e. The third-order valence-corrected chi connectivity index (χ3v) is 8.92. The van der Waals surface area contributed by atoms with Gasteiger partial charge in [0.15, 0.2) is 0 Å². The highest BCUT2D eigenvalue weighted by atomic mass is 16.5. The molecule has 6 rings (SSSR count). The summed E-state index contributed by atoms with van der Waals surface area (Å²) in [5.41, 5.74) is 7.56. The molecule has 4 aromatic carbocycles. The maximum atomic E-state index is 11.6. The molecule has 2 aliphatic carbocycles. The zero-order valence-corrected chi connectivity index (χ0v) is 24.0. The van der Waals surface area contributed by atoms with Crippen molar-refractivity contribution in [2.24, 2.45) is 10.8 Å². The molecule has 0 unspecified atom stereocenters. The molecule has 39 heavy (non-hydrogen) atoms. The van der Waals surface area contributed by atoms with E-state index >= 15 is 0 Å². The molecule has 1 saturated carbocycles. The standard InChI is InChI=1S/C35H38O4/c1-20-8-10-23-27(12-20)35(18-33(2,3)17-34(4,5)19-35)28-16-30(37)25-14-24(29(36)15-26(25)32(23)28)22-11-9-21(38-6)13-31(22)39-7/h8-16,36-37H,17-19H2,1-7H3. The van der Waals surface area contributed by atoms with Gasteiger partial charge in [-0.15, -0.1) is 0 Å². The quantitative estimate of drug-likeness (QED) is 0.282. The van der Waals surface area contributed by atoms with Crippen LogP contribution >= 0.6 is 0 Å². The van der Waals surface area contributed by atoms with Gasteiger partial charge in [-0.2, -0.15) is 0 Å². The molecule has 1 fully saturated rings. The number of methoxy groups -OCH3 is 2. The molecule has 2 N–H and O–H groups in total. The van der Waals surface area contributed by atoms with Gasteiger partial charge >= 0.3 is 0 Å². The second-order valence-electron chi connectivity index (χ2n) is 13.3. The van der Waals surface area contributed by atoms with Crippen LogP contribution in [0, 0.1) is 17.8 Å². The largest absolute Gasteiger partial charge is 0.507 e. The molecule has 0 atom stereocenters. The van der Waals surface area contributed by atoms with Crippen LogP contribution in [-0.2, 0) is 5.41 Å². The summed E-state index contributed by atoms with van der Waals surface area (Å²) in [5.74, 6) is 1.66. The first-order chi connectivity index (χ1) is 18.4. The van der Waals surface area contributed by atoms with E-state index in [9.17, 15) is 10.2 Å². The number of phenolic OH excluding ortho intramolecular Hbond substituents is 2. The topological polar surface area (TPSA) is 58.9 Å². The van der Waals surface area contributed by atoms with Crippen molar-refractivity contribution < 1.29 is 19.7 Å². The van der Waals surface area contributed by atoms with Crippen LogP contribution in [0.1, 0.15) is 63.6 Å². The number of aryl methyl sites for hydroxylation is 1. The first kappa shape index (κ1) is 25.6. The van der Waals surface area contributed by atoms with Crippen LogP contribution in [0.4, 0.5) is 0 Å². The Morgan fingerprint density at radius 3 is 2.00 bits per heavy atom. The van der Waals surface area contributed by atoms with E-state index in [0.717, 1.165) is 41.2 Å². The number of ether oxygens (including phenoxy) is 2. The van der Waals surface area contributed by atoms with E-state index in [4.69, 9.17) is 9.47 Å². The molecular weight excluding hydrogens is 484 g/mol. The lowest BCUT2D eigenvalue weighted by molar-refractivity contribution is 0.0645. The van der Waals surface area contributed by atoms with Crippen molar-refractivity contribution in [1.29, 1.82) is 0 Å². The molecule has 0 radical (unpaired) electrons. The Kier molecular flexibility index (Phi) is 5.53. The Bertz CT molecular complexity index is 1630. The summed E-state index contributed by atoms with van der Waals surface area (Å²) in [6.07, 6.45) is 3.20. The SMILES string of the molecule is COc1ccc(-c2cc3c(O)cc4c(c3cc2O)-c2ccc(C)cc2C42CC(C)(C)CC(C)(C)C2)c(OC)c1. The minimum atomic E-state index is -0.193. The molecule has 202 valence electrons. The molecule has 0 aromatic heterocycles. The summed E-state index contributed by atoms with van der Waals surface area (Å²) in [6.45, 7) is 11.7. The van der Waals surface area contributed by atoms with Gasteiger partial charge in [-0.25, -0.2) is 0 Å². The first-order valence-electron chi connectivity index (χ1n) is 13.8. The van der Waals surface area contributed by atoms with Gasteiger partial charge in [-0.1, -0.05) is 51.5 Å². The number of hydrogen-bond donors (Lipinski definition) is 2. The predicted octanol–water partition coefficient (Wildman–Crippen LogP) is 8.75. The summed E-state index contributed by atoms with van der Waals surface area (Å²) in [4.78, 5) is 0. The summed E-state index contributed by atoms with van der Waals surface area (Å²) in [5, 5.41) is 24.6. The van der Waals surface area contributed by atoms with Crippen molar-refractivity contribution in [3.8, 4) is 45.3 Å². The molecule has 4 heteroatoms. The zero-order chi connectivity index (χ0) is 27.9. The lowest BCUT2D eigenvalue weighted by Gasteiger charge is -2.51. The lowest BCUT2D eigenvalue weighted by atomic mass is 9.52. The Morgan fingerprint density at radius 1 is 0.641 bits per heavy atom. The smallest absolute Gasteiger partial charge is 0.130 e. The maximum Gasteiger partial charge on any atom is 0.130 e. The molecule has 0 aliphatic heterocycles. The van der Waals surface area contributed by atoms with Crippen LogP contribution in [0.25, 0.3) is 33.0 Å². The predicted molar refractivity (Wildman–Crippen MR) is 158 cm³/mol. The second kappa shape index (κ2) is 8.42. The fourth-order valence-electron chi connectivity index (χ4n) is 8.26. The van der Waals surface area contributed by atoms with Crippen molar-refractivity contribution in [3.05, 3.63) is 71.3 Å². The number of hydrogen-bond acceptors (Lipinski definition) is 4. The van der Waals surface area contributed by atoms with Crippen LogP contribution in [0.5, 0.6) is 23.0 Å². The number of benzene rings is 4. The fourth-order valence-corrected chi connectivity index (χ4v) is 8.26. The number of phenols is 2. The molecule has 1 spiro atoms. The third kappa shape index (κ3) is 3.87. The van der Waals surface area contributed by atoms with Gasteiger partial charge < -0.3 is 19.7 Å². The molecule has 2 aliphatic rings. The summed E-state index contributed by atoms with van der Waals surface area (Å²) in [6, 6.07) is 18.0. The van der Waals surface area contributed by atoms with Crippen LogP contribution in [0.3, 0.4) is 0 Å². The van der Waals surface area contributed by atoms with E-state index in [2.05, 4.69) is 52.8 Å². The van der Waals surface area contributed by atoms with Gasteiger partial charge in [0, 0.05) is 28.0 Å². The van der Waals surface area contributed by atoms with Crippen molar-refractivity contribution in [3.63, 3.8) is 0 Å². The number of rotatable bonds is 3. The highest BCUT2D eigenvalue weighted by molar-refractivity contribution is 6.07. The molecule has 0 bridgehead atoms. The van der Waals surface area contributed by atoms with Crippen LogP contribution in [-0.4, -0.2) is 24.4 Å². The Morgan fingerprint density at radius 2 is 1.33 bits per heavy atom. The number of fused-ring (bicyclic) bond motifs is 7. The monoisotopic (exact) mass is 522 g/mol. The average Bonchev–Trinajstić information content (AvgIpc) is 3.09. The number of aromatic hydroxyl groups is 2. The molecule has 4 nitrogen and oxygen atoms in total. The Labute approximate surface area is 231 Å². The normalized spacial score (nSPS) is 18.1. The van der Waals surface area contributed by atoms with Crippen molar-refractivity contribution >= 4 is 10.8 Å². The molecule has 0 amide bonds. The highest BCUT2D eigenvalue weighted by Crippen LogP contribution is 2.65. The van der Waals surface area contributed by atoms with Gasteiger partial charge in [-0.3, -0.25) is 0 Å². The van der Waals surface area contributed by atoms with E-state index in [1.165, 1.54) is 22.3 Å². The van der Waals surface area contributed by atoms with Crippen LogP contribution in [0.2, 0.25) is 0 Å².